The summed E-state index contributed by atoms with van der Waals surface area (Å²) < 4.78 is 15.8. The van der Waals surface area contributed by atoms with Gasteiger partial charge in [0.15, 0.2) is 0 Å². The molecule has 0 saturated carbocycles. The Morgan fingerprint density at radius 1 is 0.929 bits per heavy atom. The fourth-order valence-corrected chi connectivity index (χ4v) is 2.58. The quantitative estimate of drug-likeness (QED) is 0.785. The van der Waals surface area contributed by atoms with Crippen molar-refractivity contribution in [3.05, 3.63) is 24.3 Å². The number of hydrogen-bond acceptors (Lipinski definition) is 4. The molecule has 0 saturated heterocycles. The molecule has 0 heterocycles. The van der Waals surface area contributed by atoms with Gasteiger partial charge in [-0.2, -0.15) is 0 Å². The Balaban J connectivity index is 3.05. The van der Waals surface area contributed by atoms with Crippen LogP contribution in [-0.2, 0) is 12.5 Å². The predicted octanol–water partition coefficient (Wildman–Crippen LogP) is 2.12. The van der Waals surface area contributed by atoms with Gasteiger partial charge in [0.2, 0.25) is 0 Å². The van der Waals surface area contributed by atoms with Crippen molar-refractivity contribution in [1.82, 2.24) is 0 Å². The van der Waals surface area contributed by atoms with E-state index < -0.39 is 10.9 Å². The van der Waals surface area contributed by atoms with E-state index in [0.717, 1.165) is 4.90 Å². The molecule has 0 aromatic heterocycles. The lowest BCUT2D eigenvalue weighted by Crippen LogP contribution is -2.07. The van der Waals surface area contributed by atoms with Gasteiger partial charge in [-0.3, -0.25) is 12.5 Å². The number of nitrogens with two attached hydrogens (primary N) is 1. The zero-order valence-corrected chi connectivity index (χ0v) is 9.34. The molecule has 0 aliphatic carbocycles. The summed E-state index contributed by atoms with van der Waals surface area (Å²) in [6.07, 6.45) is 0. The summed E-state index contributed by atoms with van der Waals surface area (Å²) in [7, 11) is 2.60. The first-order chi connectivity index (χ1) is 6.68. The Bertz CT molecular complexity index is 276. The van der Waals surface area contributed by atoms with Gasteiger partial charge < -0.3 is 5.73 Å². The molecule has 80 valence electrons. The van der Waals surface area contributed by atoms with Crippen molar-refractivity contribution in [1.29, 1.82) is 0 Å². The smallest absolute Gasteiger partial charge is 0.119 e. The number of hydrogen-bond donors (Lipinski definition) is 1. The molecule has 1 aromatic carbocycles. The van der Waals surface area contributed by atoms with Crippen molar-refractivity contribution < 1.29 is 12.5 Å². The van der Waals surface area contributed by atoms with Crippen LogP contribution in [0.1, 0.15) is 0 Å². The molecule has 0 aliphatic rings. The van der Waals surface area contributed by atoms with Gasteiger partial charge in [-0.15, -0.1) is 0 Å². The summed E-state index contributed by atoms with van der Waals surface area (Å²) in [5.41, 5.74) is 6.28. The van der Waals surface area contributed by atoms with Gasteiger partial charge in [0.25, 0.3) is 0 Å². The Hall–Kier alpha value is -0.750. The van der Waals surface area contributed by atoms with Crippen molar-refractivity contribution in [2.45, 2.75) is 4.90 Å². The highest BCUT2D eigenvalue weighted by molar-refractivity contribution is 8.21. The van der Waals surface area contributed by atoms with E-state index in [1.807, 2.05) is 12.1 Å². The van der Waals surface area contributed by atoms with Crippen LogP contribution in [0.4, 0.5) is 5.69 Å². The van der Waals surface area contributed by atoms with Crippen LogP contribution >= 0.6 is 10.9 Å². The Morgan fingerprint density at radius 2 is 1.36 bits per heavy atom. The standard InChI is InChI=1S/C9H15NO3S/c1-11-14(12-2,13-3)9-6-4-8(10)5-7-9/h4-7H,10H2,1-3H3. The maximum atomic E-state index is 5.58. The first kappa shape index (κ1) is 11.3. The highest BCUT2D eigenvalue weighted by Gasteiger charge is 2.25. The second kappa shape index (κ2) is 4.65. The van der Waals surface area contributed by atoms with E-state index in [0.29, 0.717) is 5.69 Å². The van der Waals surface area contributed by atoms with E-state index in [9.17, 15) is 0 Å². The molecule has 0 radical (unpaired) electrons. The monoisotopic (exact) mass is 217 g/mol. The van der Waals surface area contributed by atoms with E-state index in [4.69, 9.17) is 18.3 Å². The largest absolute Gasteiger partial charge is 0.399 e. The van der Waals surface area contributed by atoms with Gasteiger partial charge in [0.05, 0.1) is 26.2 Å². The van der Waals surface area contributed by atoms with Gasteiger partial charge >= 0.3 is 0 Å². The zero-order valence-electron chi connectivity index (χ0n) is 8.52. The molecular weight excluding hydrogens is 202 g/mol. The molecule has 0 spiro atoms. The fourth-order valence-electron chi connectivity index (χ4n) is 1.13. The second-order valence-electron chi connectivity index (χ2n) is 2.52. The van der Waals surface area contributed by atoms with Gasteiger partial charge in [0, 0.05) is 5.69 Å². The molecule has 2 N–H and O–H groups in total. The van der Waals surface area contributed by atoms with Crippen LogP contribution in [0.3, 0.4) is 0 Å². The van der Waals surface area contributed by atoms with E-state index >= 15 is 0 Å². The van der Waals surface area contributed by atoms with E-state index in [1.54, 1.807) is 33.5 Å². The van der Waals surface area contributed by atoms with Crippen molar-refractivity contribution >= 4 is 16.6 Å². The molecule has 1 rings (SSSR count). The second-order valence-corrected chi connectivity index (χ2v) is 4.90. The minimum Gasteiger partial charge on any atom is -0.399 e. The van der Waals surface area contributed by atoms with Gasteiger partial charge in [-0.05, 0) is 24.3 Å². The maximum Gasteiger partial charge on any atom is 0.119 e. The maximum absolute atomic E-state index is 5.58. The molecule has 0 fully saturated rings. The molecule has 0 aliphatic heterocycles. The molecule has 0 atom stereocenters. The number of rotatable bonds is 4. The summed E-state index contributed by atoms with van der Waals surface area (Å²) in [6, 6.07) is 7.24. The molecular formula is C9H15NO3S. The van der Waals surface area contributed by atoms with E-state index in [-0.39, 0.29) is 0 Å². The number of benzene rings is 1. The topological polar surface area (TPSA) is 53.7 Å². The molecule has 0 amide bonds. The molecule has 14 heavy (non-hydrogen) atoms. The Kier molecular flexibility index (Phi) is 3.77. The van der Waals surface area contributed by atoms with Crippen LogP contribution in [-0.4, -0.2) is 21.3 Å². The van der Waals surface area contributed by atoms with Crippen molar-refractivity contribution in [2.75, 3.05) is 27.1 Å². The lowest BCUT2D eigenvalue weighted by Gasteiger charge is -2.33. The summed E-state index contributed by atoms with van der Waals surface area (Å²) in [5, 5.41) is 0. The van der Waals surface area contributed by atoms with Crippen molar-refractivity contribution in [3.63, 3.8) is 0 Å². The first-order valence-electron chi connectivity index (χ1n) is 4.04. The molecule has 4 nitrogen and oxygen atoms in total. The van der Waals surface area contributed by atoms with Crippen LogP contribution in [0.15, 0.2) is 29.2 Å². The third kappa shape index (κ3) is 2.01. The van der Waals surface area contributed by atoms with Crippen LogP contribution in [0.25, 0.3) is 0 Å². The summed E-state index contributed by atoms with van der Waals surface area (Å²) in [5.74, 6) is 0. The SMILES string of the molecule is COS(OC)(OC)c1ccc(N)cc1. The zero-order chi connectivity index (χ0) is 10.6. The van der Waals surface area contributed by atoms with Gasteiger partial charge in [0.1, 0.15) is 10.9 Å². The van der Waals surface area contributed by atoms with Crippen LogP contribution in [0.2, 0.25) is 0 Å². The van der Waals surface area contributed by atoms with E-state index in [1.165, 1.54) is 0 Å². The van der Waals surface area contributed by atoms with Crippen molar-refractivity contribution in [3.8, 4) is 0 Å². The summed E-state index contributed by atoms with van der Waals surface area (Å²) in [4.78, 5) is 0.846. The Labute approximate surface area is 85.9 Å². The molecule has 0 bridgehead atoms. The van der Waals surface area contributed by atoms with Gasteiger partial charge in [-0.1, -0.05) is 0 Å². The summed E-state index contributed by atoms with van der Waals surface area (Å²) >= 11 is 0. The lowest BCUT2D eigenvalue weighted by molar-refractivity contribution is 0.248. The normalized spacial score (nSPS) is 12.8. The highest BCUT2D eigenvalue weighted by Crippen LogP contribution is 2.56. The molecule has 0 unspecified atom stereocenters. The summed E-state index contributed by atoms with van der Waals surface area (Å²) in [6.45, 7) is 0. The highest BCUT2D eigenvalue weighted by atomic mass is 32.3. The van der Waals surface area contributed by atoms with Gasteiger partial charge in [-0.25, -0.2) is 0 Å². The fraction of sp³-hybridized carbons (Fsp3) is 0.333. The third-order valence-corrected chi connectivity index (χ3v) is 3.99. The average Bonchev–Trinajstić information content (AvgIpc) is 2.24. The average molecular weight is 217 g/mol. The molecule has 1 aromatic rings. The van der Waals surface area contributed by atoms with Crippen LogP contribution in [0, 0.1) is 0 Å². The minimum atomic E-state index is -2.06. The van der Waals surface area contributed by atoms with Crippen LogP contribution in [0.5, 0.6) is 0 Å². The van der Waals surface area contributed by atoms with Crippen molar-refractivity contribution in [2.24, 2.45) is 0 Å². The predicted molar refractivity (Wildman–Crippen MR) is 57.7 cm³/mol. The van der Waals surface area contributed by atoms with Crippen LogP contribution < -0.4 is 5.73 Å². The number of anilines is 1. The minimum absolute atomic E-state index is 0.699. The molecule has 5 heteroatoms. The lowest BCUT2D eigenvalue weighted by atomic mass is 10.3. The third-order valence-electron chi connectivity index (χ3n) is 1.83. The number of nitrogen functional groups attached to an aromatic ring is 1. The van der Waals surface area contributed by atoms with E-state index in [2.05, 4.69) is 0 Å². The first-order valence-corrected chi connectivity index (χ1v) is 5.45. The Morgan fingerprint density at radius 3 is 1.71 bits per heavy atom.